The van der Waals surface area contributed by atoms with Crippen molar-refractivity contribution in [1.29, 1.82) is 0 Å². The highest BCUT2D eigenvalue weighted by Crippen LogP contribution is 2.33. The summed E-state index contributed by atoms with van der Waals surface area (Å²) >= 11 is 0. The Balaban J connectivity index is 2.15. The van der Waals surface area contributed by atoms with Crippen LogP contribution in [0.2, 0.25) is 0 Å². The largest absolute Gasteiger partial charge is 0.494 e. The Labute approximate surface area is 122 Å². The van der Waals surface area contributed by atoms with Crippen LogP contribution in [-0.4, -0.2) is 19.3 Å². The zero-order valence-corrected chi connectivity index (χ0v) is 12.9. The first-order chi connectivity index (χ1) is 9.74. The molecule has 2 atom stereocenters. The van der Waals surface area contributed by atoms with Gasteiger partial charge in [0, 0.05) is 12.1 Å². The first-order valence-electron chi connectivity index (χ1n) is 7.90. The Bertz CT molecular complexity index is 419. The lowest BCUT2D eigenvalue weighted by atomic mass is 9.86. The molecule has 0 saturated heterocycles. The molecule has 2 rings (SSSR count). The third-order valence-corrected chi connectivity index (χ3v) is 4.01. The molecule has 1 aromatic rings. The average Bonchev–Trinajstić information content (AvgIpc) is 2.45. The van der Waals surface area contributed by atoms with E-state index >= 15 is 0 Å². The van der Waals surface area contributed by atoms with Crippen molar-refractivity contribution in [1.82, 2.24) is 0 Å². The molecule has 0 radical (unpaired) electrons. The Hall–Kier alpha value is -1.38. The molecule has 3 nitrogen and oxygen atoms in total. The van der Waals surface area contributed by atoms with Crippen LogP contribution >= 0.6 is 0 Å². The van der Waals surface area contributed by atoms with Gasteiger partial charge in [0.2, 0.25) is 0 Å². The van der Waals surface area contributed by atoms with Crippen LogP contribution in [-0.2, 0) is 0 Å². The summed E-state index contributed by atoms with van der Waals surface area (Å²) in [4.78, 5) is 0. The van der Waals surface area contributed by atoms with Crippen molar-refractivity contribution in [3.8, 4) is 11.5 Å². The van der Waals surface area contributed by atoms with Gasteiger partial charge < -0.3 is 14.8 Å². The van der Waals surface area contributed by atoms with E-state index in [1.807, 2.05) is 26.0 Å². The van der Waals surface area contributed by atoms with E-state index in [1.54, 1.807) is 0 Å². The van der Waals surface area contributed by atoms with Crippen LogP contribution < -0.4 is 14.8 Å². The molecule has 0 amide bonds. The fourth-order valence-electron chi connectivity index (χ4n) is 2.89. The van der Waals surface area contributed by atoms with Crippen LogP contribution in [0.5, 0.6) is 11.5 Å². The van der Waals surface area contributed by atoms with Crippen LogP contribution in [0.4, 0.5) is 5.69 Å². The SMILES string of the molecule is CCOc1ccc(OCC)c(NC2CCCCC2C)c1. The van der Waals surface area contributed by atoms with Crippen molar-refractivity contribution in [2.45, 2.75) is 52.5 Å². The Morgan fingerprint density at radius 1 is 1.10 bits per heavy atom. The van der Waals surface area contributed by atoms with Gasteiger partial charge in [-0.3, -0.25) is 0 Å². The third kappa shape index (κ3) is 3.81. The Morgan fingerprint density at radius 2 is 1.85 bits per heavy atom. The monoisotopic (exact) mass is 277 g/mol. The van der Waals surface area contributed by atoms with Gasteiger partial charge in [-0.05, 0) is 44.7 Å². The normalized spacial score (nSPS) is 22.4. The summed E-state index contributed by atoms with van der Waals surface area (Å²) in [7, 11) is 0. The van der Waals surface area contributed by atoms with E-state index in [1.165, 1.54) is 25.7 Å². The summed E-state index contributed by atoms with van der Waals surface area (Å²) < 4.78 is 11.3. The van der Waals surface area contributed by atoms with Crippen LogP contribution in [0, 0.1) is 5.92 Å². The van der Waals surface area contributed by atoms with Crippen molar-refractivity contribution in [3.63, 3.8) is 0 Å². The second-order valence-electron chi connectivity index (χ2n) is 5.54. The van der Waals surface area contributed by atoms with Gasteiger partial charge in [0.25, 0.3) is 0 Å². The fraction of sp³-hybridized carbons (Fsp3) is 0.647. The number of nitrogens with one attached hydrogen (secondary N) is 1. The van der Waals surface area contributed by atoms with Gasteiger partial charge in [0.05, 0.1) is 18.9 Å². The first kappa shape index (κ1) is 15.0. The second kappa shape index (κ2) is 7.41. The van der Waals surface area contributed by atoms with Crippen molar-refractivity contribution >= 4 is 5.69 Å². The lowest BCUT2D eigenvalue weighted by Gasteiger charge is -2.31. The Kier molecular flexibility index (Phi) is 5.57. The molecule has 0 aliphatic heterocycles. The minimum absolute atomic E-state index is 0.542. The molecule has 0 spiro atoms. The Morgan fingerprint density at radius 3 is 2.55 bits per heavy atom. The van der Waals surface area contributed by atoms with Crippen LogP contribution in [0.1, 0.15) is 46.5 Å². The van der Waals surface area contributed by atoms with Gasteiger partial charge in [-0.2, -0.15) is 0 Å². The van der Waals surface area contributed by atoms with E-state index in [-0.39, 0.29) is 0 Å². The summed E-state index contributed by atoms with van der Waals surface area (Å²) in [6.45, 7) is 7.73. The van der Waals surface area contributed by atoms with E-state index in [4.69, 9.17) is 9.47 Å². The van der Waals surface area contributed by atoms with Gasteiger partial charge in [-0.1, -0.05) is 19.8 Å². The number of rotatable bonds is 6. The summed E-state index contributed by atoms with van der Waals surface area (Å²) in [6, 6.07) is 6.59. The van der Waals surface area contributed by atoms with Gasteiger partial charge >= 0.3 is 0 Å². The molecule has 1 aliphatic rings. The summed E-state index contributed by atoms with van der Waals surface area (Å²) in [5.41, 5.74) is 1.07. The van der Waals surface area contributed by atoms with E-state index in [0.717, 1.165) is 17.2 Å². The second-order valence-corrected chi connectivity index (χ2v) is 5.54. The van der Waals surface area contributed by atoms with Crippen LogP contribution in [0.15, 0.2) is 18.2 Å². The zero-order valence-electron chi connectivity index (χ0n) is 12.9. The van der Waals surface area contributed by atoms with Gasteiger partial charge in [-0.25, -0.2) is 0 Å². The third-order valence-electron chi connectivity index (χ3n) is 4.01. The lowest BCUT2D eigenvalue weighted by molar-refractivity contribution is 0.327. The number of hydrogen-bond donors (Lipinski definition) is 1. The van der Waals surface area contributed by atoms with Crippen molar-refractivity contribution < 1.29 is 9.47 Å². The van der Waals surface area contributed by atoms with Crippen LogP contribution in [0.3, 0.4) is 0 Å². The highest BCUT2D eigenvalue weighted by molar-refractivity contribution is 5.60. The average molecular weight is 277 g/mol. The maximum atomic E-state index is 5.73. The molecule has 1 saturated carbocycles. The van der Waals surface area contributed by atoms with Crippen molar-refractivity contribution in [2.75, 3.05) is 18.5 Å². The molecule has 3 heteroatoms. The highest BCUT2D eigenvalue weighted by Gasteiger charge is 2.22. The van der Waals surface area contributed by atoms with Gasteiger partial charge in [-0.15, -0.1) is 0 Å². The minimum atomic E-state index is 0.542. The molecule has 1 aromatic carbocycles. The van der Waals surface area contributed by atoms with E-state index < -0.39 is 0 Å². The predicted molar refractivity (Wildman–Crippen MR) is 83.8 cm³/mol. The summed E-state index contributed by atoms with van der Waals surface area (Å²) in [5, 5.41) is 3.68. The van der Waals surface area contributed by atoms with Gasteiger partial charge in [0.15, 0.2) is 0 Å². The molecule has 1 N–H and O–H groups in total. The van der Waals surface area contributed by atoms with E-state index in [9.17, 15) is 0 Å². The first-order valence-corrected chi connectivity index (χ1v) is 7.90. The molecule has 0 bridgehead atoms. The quantitative estimate of drug-likeness (QED) is 0.832. The number of anilines is 1. The molecule has 2 unspecified atom stereocenters. The standard InChI is InChI=1S/C17H27NO2/c1-4-19-14-10-11-17(20-5-2)16(12-14)18-15-9-7-6-8-13(15)3/h10-13,15,18H,4-9H2,1-3H3. The molecule has 112 valence electrons. The highest BCUT2D eigenvalue weighted by atomic mass is 16.5. The molecule has 20 heavy (non-hydrogen) atoms. The van der Waals surface area contributed by atoms with Crippen LogP contribution in [0.25, 0.3) is 0 Å². The molecule has 0 heterocycles. The molecular formula is C17H27NO2. The smallest absolute Gasteiger partial charge is 0.142 e. The molecule has 1 fully saturated rings. The maximum Gasteiger partial charge on any atom is 0.142 e. The lowest BCUT2D eigenvalue weighted by Crippen LogP contribution is -2.30. The van der Waals surface area contributed by atoms with E-state index in [2.05, 4.69) is 18.3 Å². The number of ether oxygens (including phenoxy) is 2. The molecular weight excluding hydrogens is 250 g/mol. The number of hydrogen-bond acceptors (Lipinski definition) is 3. The topological polar surface area (TPSA) is 30.5 Å². The van der Waals surface area contributed by atoms with E-state index in [0.29, 0.717) is 25.2 Å². The molecule has 1 aliphatic carbocycles. The minimum Gasteiger partial charge on any atom is -0.494 e. The number of benzene rings is 1. The van der Waals surface area contributed by atoms with Gasteiger partial charge in [0.1, 0.15) is 11.5 Å². The molecule has 0 aromatic heterocycles. The summed E-state index contributed by atoms with van der Waals surface area (Å²) in [6.07, 6.45) is 5.23. The van der Waals surface area contributed by atoms with Crippen molar-refractivity contribution in [3.05, 3.63) is 18.2 Å². The zero-order chi connectivity index (χ0) is 14.4. The summed E-state index contributed by atoms with van der Waals surface area (Å²) in [5.74, 6) is 2.55. The fourth-order valence-corrected chi connectivity index (χ4v) is 2.89. The van der Waals surface area contributed by atoms with Crippen molar-refractivity contribution in [2.24, 2.45) is 5.92 Å². The maximum absolute atomic E-state index is 5.73. The predicted octanol–water partition coefficient (Wildman–Crippen LogP) is 4.47.